The molecule has 0 aliphatic rings. The van der Waals surface area contributed by atoms with Crippen LogP contribution in [-0.4, -0.2) is 46.7 Å². The molecule has 3 aromatic rings. The number of carbonyl (C=O) groups is 1. The van der Waals surface area contributed by atoms with Crippen LogP contribution in [0.1, 0.15) is 17.0 Å². The molecule has 0 unspecified atom stereocenters. The van der Waals surface area contributed by atoms with Crippen molar-refractivity contribution >= 4 is 35.3 Å². The molecule has 9 heteroatoms. The van der Waals surface area contributed by atoms with E-state index in [1.54, 1.807) is 12.3 Å². The molecule has 2 N–H and O–H groups in total. The van der Waals surface area contributed by atoms with Crippen molar-refractivity contribution < 1.29 is 4.79 Å². The van der Waals surface area contributed by atoms with Crippen LogP contribution in [0.3, 0.4) is 0 Å². The fraction of sp³-hybridized carbons (Fsp3) is 0.250. The first-order valence-corrected chi connectivity index (χ1v) is 11.5. The average Bonchev–Trinajstić information content (AvgIpc) is 3.19. The standard InChI is InChI=1S/C24H29N7OS/c1-5-14-31-22(16-25-20-10-6-18(2)7-11-20)27-29-24(31)33-17-23(32)28-26-15-19-8-12-21(13-9-19)30(3)4/h5-13,15,25H,1,14,16-17H2,2-4H3,(H,28,32)/b26-15+. The Balaban J connectivity index is 1.52. The number of allylic oxidation sites excluding steroid dienone is 1. The Labute approximate surface area is 198 Å². The van der Waals surface area contributed by atoms with Crippen LogP contribution in [0.2, 0.25) is 0 Å². The molecule has 0 spiro atoms. The van der Waals surface area contributed by atoms with Gasteiger partial charge in [0.15, 0.2) is 11.0 Å². The fourth-order valence-corrected chi connectivity index (χ4v) is 3.68. The van der Waals surface area contributed by atoms with Crippen molar-refractivity contribution in [3.05, 3.63) is 78.1 Å². The summed E-state index contributed by atoms with van der Waals surface area (Å²) >= 11 is 1.31. The highest BCUT2D eigenvalue weighted by molar-refractivity contribution is 7.99. The molecule has 0 saturated carbocycles. The number of thioether (sulfide) groups is 1. The van der Waals surface area contributed by atoms with Gasteiger partial charge in [0.1, 0.15) is 0 Å². The molecule has 0 fully saturated rings. The summed E-state index contributed by atoms with van der Waals surface area (Å²) < 4.78 is 1.95. The summed E-state index contributed by atoms with van der Waals surface area (Å²) in [5.41, 5.74) is 6.78. The zero-order chi connectivity index (χ0) is 23.6. The lowest BCUT2D eigenvalue weighted by molar-refractivity contribution is -0.118. The van der Waals surface area contributed by atoms with Gasteiger partial charge in [-0.05, 0) is 36.8 Å². The van der Waals surface area contributed by atoms with E-state index < -0.39 is 0 Å². The van der Waals surface area contributed by atoms with E-state index in [0.29, 0.717) is 18.2 Å². The first-order chi connectivity index (χ1) is 16.0. The maximum Gasteiger partial charge on any atom is 0.250 e. The van der Waals surface area contributed by atoms with Crippen LogP contribution < -0.4 is 15.6 Å². The first kappa shape index (κ1) is 24.1. The molecular formula is C24H29N7OS. The number of nitrogens with one attached hydrogen (secondary N) is 2. The quantitative estimate of drug-likeness (QED) is 0.195. The second kappa shape index (κ2) is 11.9. The highest BCUT2D eigenvalue weighted by Gasteiger charge is 2.13. The Morgan fingerprint density at radius 3 is 2.55 bits per heavy atom. The van der Waals surface area contributed by atoms with Crippen LogP contribution in [-0.2, 0) is 17.9 Å². The minimum atomic E-state index is -0.214. The summed E-state index contributed by atoms with van der Waals surface area (Å²) in [4.78, 5) is 14.2. The molecule has 1 amide bonds. The van der Waals surface area contributed by atoms with E-state index in [1.165, 1.54) is 17.3 Å². The van der Waals surface area contributed by atoms with E-state index in [0.717, 1.165) is 22.8 Å². The number of nitrogens with zero attached hydrogens (tertiary/aromatic N) is 5. The molecule has 0 radical (unpaired) electrons. The predicted molar refractivity (Wildman–Crippen MR) is 136 cm³/mol. The molecule has 1 heterocycles. The molecule has 2 aromatic carbocycles. The number of amides is 1. The highest BCUT2D eigenvalue weighted by Crippen LogP contribution is 2.18. The maximum atomic E-state index is 12.2. The summed E-state index contributed by atoms with van der Waals surface area (Å²) in [6.07, 6.45) is 3.41. The summed E-state index contributed by atoms with van der Waals surface area (Å²) in [5.74, 6) is 0.739. The molecule has 0 aliphatic carbocycles. The molecule has 0 bridgehead atoms. The second-order valence-corrected chi connectivity index (χ2v) is 8.53. The summed E-state index contributed by atoms with van der Waals surface area (Å²) in [6.45, 7) is 6.95. The second-order valence-electron chi connectivity index (χ2n) is 7.59. The van der Waals surface area contributed by atoms with Gasteiger partial charge in [-0.15, -0.1) is 16.8 Å². The zero-order valence-electron chi connectivity index (χ0n) is 19.2. The molecule has 8 nitrogen and oxygen atoms in total. The number of hydrazone groups is 1. The number of anilines is 2. The lowest BCUT2D eigenvalue weighted by Crippen LogP contribution is -2.20. The van der Waals surface area contributed by atoms with E-state index in [9.17, 15) is 4.79 Å². The van der Waals surface area contributed by atoms with Crippen molar-refractivity contribution in [1.29, 1.82) is 0 Å². The highest BCUT2D eigenvalue weighted by atomic mass is 32.2. The molecule has 33 heavy (non-hydrogen) atoms. The van der Waals surface area contributed by atoms with Gasteiger partial charge in [0.05, 0.1) is 18.5 Å². The minimum Gasteiger partial charge on any atom is -0.378 e. The van der Waals surface area contributed by atoms with Crippen molar-refractivity contribution in [1.82, 2.24) is 20.2 Å². The maximum absolute atomic E-state index is 12.2. The Hall–Kier alpha value is -3.59. The third-order valence-corrected chi connectivity index (χ3v) is 5.72. The van der Waals surface area contributed by atoms with Crippen LogP contribution in [0.4, 0.5) is 11.4 Å². The Kier molecular flexibility index (Phi) is 8.65. The molecule has 0 saturated heterocycles. The van der Waals surface area contributed by atoms with Gasteiger partial charge < -0.3 is 14.8 Å². The van der Waals surface area contributed by atoms with E-state index in [1.807, 2.05) is 60.0 Å². The van der Waals surface area contributed by atoms with E-state index in [4.69, 9.17) is 0 Å². The monoisotopic (exact) mass is 463 g/mol. The normalized spacial score (nSPS) is 10.9. The van der Waals surface area contributed by atoms with Crippen molar-refractivity contribution in [2.45, 2.75) is 25.2 Å². The van der Waals surface area contributed by atoms with Crippen molar-refractivity contribution in [2.75, 3.05) is 30.1 Å². The van der Waals surface area contributed by atoms with Gasteiger partial charge >= 0.3 is 0 Å². The van der Waals surface area contributed by atoms with E-state index >= 15 is 0 Å². The lowest BCUT2D eigenvalue weighted by Gasteiger charge is -2.11. The summed E-state index contributed by atoms with van der Waals surface area (Å²) in [7, 11) is 3.97. The number of hydrogen-bond donors (Lipinski definition) is 2. The first-order valence-electron chi connectivity index (χ1n) is 10.5. The van der Waals surface area contributed by atoms with Crippen LogP contribution in [0, 0.1) is 6.92 Å². The van der Waals surface area contributed by atoms with Crippen LogP contribution in [0.5, 0.6) is 0 Å². The largest absolute Gasteiger partial charge is 0.378 e. The van der Waals surface area contributed by atoms with Gasteiger partial charge in [-0.2, -0.15) is 5.10 Å². The van der Waals surface area contributed by atoms with Crippen LogP contribution in [0.15, 0.2) is 71.4 Å². The summed E-state index contributed by atoms with van der Waals surface area (Å²) in [6, 6.07) is 16.1. The van der Waals surface area contributed by atoms with Crippen molar-refractivity contribution in [3.8, 4) is 0 Å². The van der Waals surface area contributed by atoms with Crippen molar-refractivity contribution in [3.63, 3.8) is 0 Å². The Morgan fingerprint density at radius 2 is 1.88 bits per heavy atom. The van der Waals surface area contributed by atoms with Crippen LogP contribution in [0.25, 0.3) is 0 Å². The SMILES string of the molecule is C=CCn1c(CNc2ccc(C)cc2)nnc1SCC(=O)N/N=C/c1ccc(N(C)C)cc1. The average molecular weight is 464 g/mol. The molecule has 0 aliphatic heterocycles. The van der Waals surface area contributed by atoms with E-state index in [2.05, 4.69) is 51.7 Å². The topological polar surface area (TPSA) is 87.4 Å². The summed E-state index contributed by atoms with van der Waals surface area (Å²) in [5, 5.41) is 16.6. The molecule has 0 atom stereocenters. The van der Waals surface area contributed by atoms with Gasteiger partial charge in [0, 0.05) is 32.0 Å². The third kappa shape index (κ3) is 7.21. The van der Waals surface area contributed by atoms with Crippen molar-refractivity contribution in [2.24, 2.45) is 5.10 Å². The number of rotatable bonds is 11. The van der Waals surface area contributed by atoms with Crippen LogP contribution >= 0.6 is 11.8 Å². The smallest absolute Gasteiger partial charge is 0.250 e. The number of aryl methyl sites for hydroxylation is 1. The molecule has 1 aromatic heterocycles. The molecule has 3 rings (SSSR count). The van der Waals surface area contributed by atoms with Gasteiger partial charge in [0.2, 0.25) is 0 Å². The Bertz CT molecular complexity index is 1090. The number of aromatic nitrogens is 3. The molecular weight excluding hydrogens is 434 g/mol. The van der Waals surface area contributed by atoms with Gasteiger partial charge in [0.25, 0.3) is 5.91 Å². The number of carbonyl (C=O) groups excluding carboxylic acids is 1. The number of benzene rings is 2. The van der Waals surface area contributed by atoms with E-state index in [-0.39, 0.29) is 11.7 Å². The molecule has 172 valence electrons. The Morgan fingerprint density at radius 1 is 1.15 bits per heavy atom. The van der Waals surface area contributed by atoms with Gasteiger partial charge in [-0.3, -0.25) is 4.79 Å². The van der Waals surface area contributed by atoms with Gasteiger partial charge in [-0.25, -0.2) is 5.43 Å². The zero-order valence-corrected chi connectivity index (χ0v) is 20.0. The minimum absolute atomic E-state index is 0.178. The fourth-order valence-electron chi connectivity index (χ4n) is 2.92. The number of hydrogen-bond acceptors (Lipinski definition) is 7. The third-order valence-electron chi connectivity index (χ3n) is 4.75. The lowest BCUT2D eigenvalue weighted by atomic mass is 10.2. The van der Waals surface area contributed by atoms with Gasteiger partial charge in [-0.1, -0.05) is 47.7 Å². The predicted octanol–water partition coefficient (Wildman–Crippen LogP) is 3.69.